The summed E-state index contributed by atoms with van der Waals surface area (Å²) in [5.74, 6) is -0.562. The van der Waals surface area contributed by atoms with E-state index in [0.717, 1.165) is 0 Å². The van der Waals surface area contributed by atoms with Crippen LogP contribution in [0.15, 0.2) is 12.4 Å². The van der Waals surface area contributed by atoms with E-state index in [1.807, 2.05) is 0 Å². The van der Waals surface area contributed by atoms with Gasteiger partial charge < -0.3 is 35.0 Å². The molecule has 21 heavy (non-hydrogen) atoms. The average Bonchev–Trinajstić information content (AvgIpc) is 2.95. The quantitative estimate of drug-likeness (QED) is 0.409. The lowest BCUT2D eigenvalue weighted by Crippen LogP contribution is -2.33. The first-order chi connectivity index (χ1) is 10.0. The molecule has 5 N–H and O–H groups in total. The summed E-state index contributed by atoms with van der Waals surface area (Å²) >= 11 is 0. The Morgan fingerprint density at radius 1 is 1.33 bits per heavy atom. The van der Waals surface area contributed by atoms with Gasteiger partial charge in [0.05, 0.1) is 18.6 Å². The molecule has 1 aromatic heterocycles. The van der Waals surface area contributed by atoms with E-state index in [-0.39, 0.29) is 5.69 Å². The summed E-state index contributed by atoms with van der Waals surface area (Å²) < 4.78 is 6.78. The fraction of sp³-hybridized carbons (Fsp3) is 0.500. The number of nitrogens with zero attached hydrogens (tertiary/aromatic N) is 2. The van der Waals surface area contributed by atoms with Crippen LogP contribution in [-0.4, -0.2) is 67.0 Å². The Hall–Kier alpha value is -1.78. The largest absolute Gasteiger partial charge is 0.394 e. The molecule has 0 aliphatic carbocycles. The van der Waals surface area contributed by atoms with Crippen molar-refractivity contribution in [2.45, 2.75) is 30.8 Å². The number of aliphatic hydroxyl groups excluding tert-OH is 4. The molecule has 0 bridgehead atoms. The molecule has 1 amide bonds. The van der Waals surface area contributed by atoms with Crippen LogP contribution in [0.4, 0.5) is 0 Å². The van der Waals surface area contributed by atoms with Gasteiger partial charge in [-0.2, -0.15) is 0 Å². The lowest BCUT2D eigenvalue weighted by molar-refractivity contribution is -0.0530. The minimum Gasteiger partial charge on any atom is -0.394 e. The zero-order chi connectivity index (χ0) is 15.1. The summed E-state index contributed by atoms with van der Waals surface area (Å²) in [5.41, 5.74) is 0.402. The molecule has 0 aromatic carbocycles. The molecule has 5 atom stereocenters. The summed E-state index contributed by atoms with van der Waals surface area (Å²) in [6, 6.07) is 0. The Morgan fingerprint density at radius 2 is 2.10 bits per heavy atom. The Balaban J connectivity index is 1.98. The predicted octanol–water partition coefficient (Wildman–Crippen LogP) is -2.43. The van der Waals surface area contributed by atoms with Crippen LogP contribution < -0.4 is 5.32 Å². The smallest absolute Gasteiger partial charge is 0.274 e. The number of hydrogen-bond donors (Lipinski definition) is 5. The van der Waals surface area contributed by atoms with Gasteiger partial charge in [0.25, 0.3) is 5.91 Å². The molecule has 1 fully saturated rings. The zero-order valence-corrected chi connectivity index (χ0v) is 10.8. The SMILES string of the molecule is O=C1NC(O)C=Cc2c1ncn2C1O[C@H](CO)[C@@H](O)[C@H]1O. The Kier molecular flexibility index (Phi) is 3.51. The number of hydrogen-bond acceptors (Lipinski definition) is 7. The van der Waals surface area contributed by atoms with Crippen LogP contribution in [0.1, 0.15) is 22.4 Å². The van der Waals surface area contributed by atoms with Gasteiger partial charge >= 0.3 is 0 Å². The van der Waals surface area contributed by atoms with Crippen LogP contribution in [0.2, 0.25) is 0 Å². The summed E-state index contributed by atoms with van der Waals surface area (Å²) in [7, 11) is 0. The molecule has 1 saturated heterocycles. The number of rotatable bonds is 2. The molecule has 3 heterocycles. The van der Waals surface area contributed by atoms with Gasteiger partial charge in [0.1, 0.15) is 24.5 Å². The standard InChI is InChI=1S/C12H15N3O6/c16-3-6-9(18)10(19)12(21-6)15-4-13-8-5(15)1-2-7(17)14-11(8)20/h1-2,4,6-7,9-10,12,16-19H,3H2,(H,14,20)/t6-,7?,9-,10-,12?/m1/s1. The van der Waals surface area contributed by atoms with E-state index in [2.05, 4.69) is 10.3 Å². The van der Waals surface area contributed by atoms with Crippen LogP contribution in [0.3, 0.4) is 0 Å². The van der Waals surface area contributed by atoms with Crippen LogP contribution in [0, 0.1) is 0 Å². The molecule has 2 unspecified atom stereocenters. The van der Waals surface area contributed by atoms with Crippen molar-refractivity contribution < 1.29 is 30.0 Å². The predicted molar refractivity (Wildman–Crippen MR) is 67.7 cm³/mol. The second kappa shape index (κ2) is 5.20. The first-order valence-electron chi connectivity index (χ1n) is 6.39. The van der Waals surface area contributed by atoms with Crippen molar-refractivity contribution in [2.24, 2.45) is 0 Å². The van der Waals surface area contributed by atoms with Gasteiger partial charge in [-0.15, -0.1) is 0 Å². The van der Waals surface area contributed by atoms with Crippen molar-refractivity contribution in [3.63, 3.8) is 0 Å². The van der Waals surface area contributed by atoms with E-state index >= 15 is 0 Å². The van der Waals surface area contributed by atoms with Crippen molar-refractivity contribution in [2.75, 3.05) is 6.61 Å². The first kappa shape index (κ1) is 14.2. The molecule has 114 valence electrons. The molecule has 3 rings (SSSR count). The first-order valence-corrected chi connectivity index (χ1v) is 6.39. The minimum absolute atomic E-state index is 0.0699. The summed E-state index contributed by atoms with van der Waals surface area (Å²) in [5, 5.41) is 40.7. The van der Waals surface area contributed by atoms with Crippen molar-refractivity contribution >= 4 is 12.0 Å². The highest BCUT2D eigenvalue weighted by atomic mass is 16.6. The highest BCUT2D eigenvalue weighted by molar-refractivity contribution is 5.96. The Morgan fingerprint density at radius 3 is 2.76 bits per heavy atom. The van der Waals surface area contributed by atoms with Gasteiger partial charge in [-0.05, 0) is 12.2 Å². The Labute approximate surface area is 119 Å². The van der Waals surface area contributed by atoms with Crippen molar-refractivity contribution in [1.29, 1.82) is 0 Å². The fourth-order valence-corrected chi connectivity index (χ4v) is 2.46. The summed E-state index contributed by atoms with van der Waals surface area (Å²) in [6.45, 7) is -0.444. The maximum atomic E-state index is 11.8. The molecular formula is C12H15N3O6. The zero-order valence-electron chi connectivity index (χ0n) is 10.8. The third-order valence-corrected chi connectivity index (χ3v) is 3.55. The number of ether oxygens (including phenoxy) is 1. The van der Waals surface area contributed by atoms with Gasteiger partial charge in [0, 0.05) is 0 Å². The molecule has 0 spiro atoms. The van der Waals surface area contributed by atoms with Crippen molar-refractivity contribution in [3.8, 4) is 0 Å². The third-order valence-electron chi connectivity index (χ3n) is 3.55. The number of aliphatic hydroxyl groups is 4. The molecule has 9 nitrogen and oxygen atoms in total. The number of aromatic nitrogens is 2. The van der Waals surface area contributed by atoms with Crippen molar-refractivity contribution in [3.05, 3.63) is 23.8 Å². The normalized spacial score (nSPS) is 35.4. The second-order valence-electron chi connectivity index (χ2n) is 4.89. The molecule has 2 aliphatic heterocycles. The number of carbonyl (C=O) groups excluding carboxylic acids is 1. The minimum atomic E-state index is -1.27. The maximum absolute atomic E-state index is 11.8. The highest BCUT2D eigenvalue weighted by Gasteiger charge is 2.44. The van der Waals surface area contributed by atoms with Crippen LogP contribution in [0.5, 0.6) is 0 Å². The van der Waals surface area contributed by atoms with Gasteiger partial charge in [-0.1, -0.05) is 0 Å². The van der Waals surface area contributed by atoms with Gasteiger partial charge in [-0.3, -0.25) is 4.79 Å². The average molecular weight is 297 g/mol. The van der Waals surface area contributed by atoms with Crippen molar-refractivity contribution in [1.82, 2.24) is 14.9 Å². The summed E-state index contributed by atoms with van der Waals surface area (Å²) in [4.78, 5) is 15.8. The molecule has 0 saturated carbocycles. The maximum Gasteiger partial charge on any atom is 0.274 e. The number of imidazole rings is 1. The monoisotopic (exact) mass is 297 g/mol. The fourth-order valence-electron chi connectivity index (χ4n) is 2.46. The lowest BCUT2D eigenvalue weighted by atomic mass is 10.1. The topological polar surface area (TPSA) is 137 Å². The number of carbonyl (C=O) groups is 1. The molecule has 1 aromatic rings. The van der Waals surface area contributed by atoms with Gasteiger partial charge in [0.15, 0.2) is 11.9 Å². The van der Waals surface area contributed by atoms with Gasteiger partial charge in [-0.25, -0.2) is 4.98 Å². The number of amides is 1. The molecule has 2 aliphatic rings. The van der Waals surface area contributed by atoms with E-state index in [0.29, 0.717) is 5.69 Å². The molecular weight excluding hydrogens is 282 g/mol. The van der Waals surface area contributed by atoms with E-state index < -0.39 is 43.3 Å². The molecule has 0 radical (unpaired) electrons. The van der Waals surface area contributed by atoms with E-state index in [9.17, 15) is 20.1 Å². The number of fused-ring (bicyclic) bond motifs is 1. The van der Waals surface area contributed by atoms with Gasteiger partial charge in [0.2, 0.25) is 0 Å². The van der Waals surface area contributed by atoms with E-state index in [1.54, 1.807) is 0 Å². The Bertz CT molecular complexity index is 586. The van der Waals surface area contributed by atoms with E-state index in [4.69, 9.17) is 9.84 Å². The summed E-state index contributed by atoms with van der Waals surface area (Å²) in [6.07, 6.45) is -1.43. The second-order valence-corrected chi connectivity index (χ2v) is 4.89. The van der Waals surface area contributed by atoms with E-state index in [1.165, 1.54) is 23.0 Å². The third kappa shape index (κ3) is 2.24. The molecule has 9 heteroatoms. The van der Waals surface area contributed by atoms with Crippen LogP contribution >= 0.6 is 0 Å². The lowest BCUT2D eigenvalue weighted by Gasteiger charge is -2.17. The highest BCUT2D eigenvalue weighted by Crippen LogP contribution is 2.31. The van der Waals surface area contributed by atoms with Crippen LogP contribution in [-0.2, 0) is 4.74 Å². The van der Waals surface area contributed by atoms with Crippen LogP contribution in [0.25, 0.3) is 6.08 Å². The number of nitrogens with one attached hydrogen (secondary N) is 1.